The summed E-state index contributed by atoms with van der Waals surface area (Å²) < 4.78 is 7.59. The lowest BCUT2D eigenvalue weighted by molar-refractivity contribution is 0.00605. The molecule has 3 atom stereocenters. The van der Waals surface area contributed by atoms with Crippen LogP contribution in [0.25, 0.3) is 5.52 Å². The predicted octanol–water partition coefficient (Wildman–Crippen LogP) is 3.84. The fourth-order valence-electron chi connectivity index (χ4n) is 4.03. The molecule has 24 heavy (non-hydrogen) atoms. The molecular weight excluding hydrogens is 328 g/mol. The molecule has 2 fully saturated rings. The summed E-state index contributed by atoms with van der Waals surface area (Å²) >= 11 is 6.16. The van der Waals surface area contributed by atoms with E-state index in [4.69, 9.17) is 16.3 Å². The molecule has 2 aromatic rings. The standard InChI is InChI=1S/C17H21ClN4O2/c1-17(2,3)24-16(23)22-11-5-4-10(8-11)13(22)15-20-9-12-14(18)19-6-7-21(12)15/h6-7,9-11,13H,4-5,8H2,1-3H3/t10-,11-,13-/m0/s1. The van der Waals surface area contributed by atoms with Crippen LogP contribution in [0.2, 0.25) is 5.15 Å². The largest absolute Gasteiger partial charge is 0.444 e. The van der Waals surface area contributed by atoms with Gasteiger partial charge in [0.05, 0.1) is 12.2 Å². The Bertz CT molecular complexity index is 797. The van der Waals surface area contributed by atoms with Crippen LogP contribution < -0.4 is 0 Å². The van der Waals surface area contributed by atoms with Gasteiger partial charge >= 0.3 is 6.09 Å². The number of hydrogen-bond acceptors (Lipinski definition) is 4. The average molecular weight is 349 g/mol. The predicted molar refractivity (Wildman–Crippen MR) is 89.9 cm³/mol. The maximum Gasteiger partial charge on any atom is 0.411 e. The van der Waals surface area contributed by atoms with Crippen LogP contribution in [0.3, 0.4) is 0 Å². The van der Waals surface area contributed by atoms with E-state index >= 15 is 0 Å². The van der Waals surface area contributed by atoms with Crippen LogP contribution in [0.1, 0.15) is 51.9 Å². The summed E-state index contributed by atoms with van der Waals surface area (Å²) in [6.45, 7) is 5.68. The molecular formula is C17H21ClN4O2. The minimum absolute atomic E-state index is 0.0698. The Morgan fingerprint density at radius 2 is 2.12 bits per heavy atom. The van der Waals surface area contributed by atoms with Crippen LogP contribution in [0.4, 0.5) is 4.79 Å². The second kappa shape index (κ2) is 5.34. The molecule has 1 saturated carbocycles. The highest BCUT2D eigenvalue weighted by atomic mass is 35.5. The molecule has 0 unspecified atom stereocenters. The lowest BCUT2D eigenvalue weighted by Gasteiger charge is -2.35. The zero-order chi connectivity index (χ0) is 17.1. The first-order valence-electron chi connectivity index (χ1n) is 8.34. The number of likely N-dealkylation sites (tertiary alicyclic amines) is 1. The van der Waals surface area contributed by atoms with Gasteiger partial charge in [0.1, 0.15) is 16.9 Å². The van der Waals surface area contributed by atoms with Crippen molar-refractivity contribution < 1.29 is 9.53 Å². The van der Waals surface area contributed by atoms with E-state index in [1.165, 1.54) is 0 Å². The molecule has 0 N–H and O–H groups in total. The van der Waals surface area contributed by atoms with Crippen LogP contribution in [0.5, 0.6) is 0 Å². The Morgan fingerprint density at radius 1 is 1.33 bits per heavy atom. The van der Waals surface area contributed by atoms with Crippen LogP contribution in [-0.2, 0) is 4.74 Å². The molecule has 4 rings (SSSR count). The van der Waals surface area contributed by atoms with E-state index < -0.39 is 5.60 Å². The van der Waals surface area contributed by atoms with Gasteiger partial charge in [-0.05, 0) is 46.0 Å². The second-order valence-corrected chi connectivity index (χ2v) is 8.01. The number of amides is 1. The normalized spacial score (nSPS) is 26.3. The number of carbonyl (C=O) groups excluding carboxylic acids is 1. The van der Waals surface area contributed by atoms with Crippen molar-refractivity contribution in [3.05, 3.63) is 29.6 Å². The van der Waals surface area contributed by atoms with Crippen molar-refractivity contribution in [1.29, 1.82) is 0 Å². The molecule has 7 heteroatoms. The van der Waals surface area contributed by atoms with Crippen LogP contribution in [0, 0.1) is 5.92 Å². The molecule has 0 spiro atoms. The molecule has 3 heterocycles. The second-order valence-electron chi connectivity index (χ2n) is 7.65. The van der Waals surface area contributed by atoms with Crippen LogP contribution in [0.15, 0.2) is 18.6 Å². The minimum atomic E-state index is -0.509. The molecule has 1 aliphatic carbocycles. The van der Waals surface area contributed by atoms with Gasteiger partial charge in [-0.25, -0.2) is 14.8 Å². The summed E-state index contributed by atoms with van der Waals surface area (Å²) in [6, 6.07) is 0.166. The Hall–Kier alpha value is -1.82. The van der Waals surface area contributed by atoms with Crippen molar-refractivity contribution in [1.82, 2.24) is 19.3 Å². The van der Waals surface area contributed by atoms with E-state index in [0.717, 1.165) is 30.6 Å². The lowest BCUT2D eigenvalue weighted by Crippen LogP contribution is -2.43. The number of aromatic nitrogens is 3. The zero-order valence-electron chi connectivity index (χ0n) is 14.1. The van der Waals surface area contributed by atoms with Crippen molar-refractivity contribution in [2.75, 3.05) is 0 Å². The Kier molecular flexibility index (Phi) is 3.49. The summed E-state index contributed by atoms with van der Waals surface area (Å²) in [6.07, 6.45) is 8.14. The number of carbonyl (C=O) groups is 1. The molecule has 0 aromatic carbocycles. The SMILES string of the molecule is CC(C)(C)OC(=O)N1[C@H]2CC[C@@H](C2)[C@H]1c1ncc2c(Cl)nccn12. The average Bonchev–Trinajstić information content (AvgIpc) is 3.18. The third-order valence-corrected chi connectivity index (χ3v) is 5.19. The molecule has 6 nitrogen and oxygen atoms in total. The lowest BCUT2D eigenvalue weighted by atomic mass is 9.98. The molecule has 2 aliphatic rings. The first-order chi connectivity index (χ1) is 11.3. The summed E-state index contributed by atoms with van der Waals surface area (Å²) in [5.41, 5.74) is 0.256. The van der Waals surface area contributed by atoms with E-state index in [1.54, 1.807) is 12.4 Å². The zero-order valence-corrected chi connectivity index (χ0v) is 14.8. The van der Waals surface area contributed by atoms with E-state index in [-0.39, 0.29) is 18.2 Å². The van der Waals surface area contributed by atoms with Crippen molar-refractivity contribution in [3.63, 3.8) is 0 Å². The van der Waals surface area contributed by atoms with Gasteiger partial charge in [0.2, 0.25) is 0 Å². The number of rotatable bonds is 1. The molecule has 128 valence electrons. The molecule has 1 aliphatic heterocycles. The van der Waals surface area contributed by atoms with Crippen LogP contribution in [-0.4, -0.2) is 37.0 Å². The maximum atomic E-state index is 12.8. The number of nitrogens with zero attached hydrogens (tertiary/aromatic N) is 4. The summed E-state index contributed by atoms with van der Waals surface area (Å²) in [7, 11) is 0. The summed E-state index contributed by atoms with van der Waals surface area (Å²) in [4.78, 5) is 23.4. The summed E-state index contributed by atoms with van der Waals surface area (Å²) in [5, 5.41) is 0.420. The minimum Gasteiger partial charge on any atom is -0.444 e. The Morgan fingerprint density at radius 3 is 2.88 bits per heavy atom. The van der Waals surface area contributed by atoms with Gasteiger partial charge in [-0.3, -0.25) is 9.30 Å². The molecule has 1 amide bonds. The number of fused-ring (bicyclic) bond motifs is 3. The molecule has 2 bridgehead atoms. The first kappa shape index (κ1) is 15.7. The summed E-state index contributed by atoms with van der Waals surface area (Å²) in [5.74, 6) is 1.26. The topological polar surface area (TPSA) is 59.7 Å². The Labute approximate surface area is 145 Å². The van der Waals surface area contributed by atoms with Crippen molar-refractivity contribution in [2.45, 2.75) is 57.7 Å². The van der Waals surface area contributed by atoms with E-state index in [2.05, 4.69) is 9.97 Å². The molecule has 2 aromatic heterocycles. The number of piperidine rings is 1. The first-order valence-corrected chi connectivity index (χ1v) is 8.72. The third-order valence-electron chi connectivity index (χ3n) is 4.89. The highest BCUT2D eigenvalue weighted by Crippen LogP contribution is 2.50. The number of imidazole rings is 1. The fourth-order valence-corrected chi connectivity index (χ4v) is 4.23. The van der Waals surface area contributed by atoms with Gasteiger partial charge < -0.3 is 4.74 Å². The highest BCUT2D eigenvalue weighted by molar-refractivity contribution is 6.32. The molecule has 1 saturated heterocycles. The van der Waals surface area contributed by atoms with Crippen molar-refractivity contribution in [3.8, 4) is 0 Å². The van der Waals surface area contributed by atoms with Crippen molar-refractivity contribution >= 4 is 23.2 Å². The smallest absolute Gasteiger partial charge is 0.411 e. The van der Waals surface area contributed by atoms with E-state index in [9.17, 15) is 4.79 Å². The van der Waals surface area contributed by atoms with Crippen molar-refractivity contribution in [2.24, 2.45) is 5.92 Å². The van der Waals surface area contributed by atoms with Gasteiger partial charge in [0, 0.05) is 18.4 Å². The third kappa shape index (κ3) is 2.44. The van der Waals surface area contributed by atoms with Gasteiger partial charge in [-0.2, -0.15) is 0 Å². The number of halogens is 1. The monoisotopic (exact) mass is 348 g/mol. The van der Waals surface area contributed by atoms with Gasteiger partial charge in [-0.15, -0.1) is 0 Å². The van der Waals surface area contributed by atoms with Gasteiger partial charge in [0.15, 0.2) is 5.15 Å². The highest BCUT2D eigenvalue weighted by Gasteiger charge is 2.51. The molecule has 0 radical (unpaired) electrons. The van der Waals surface area contributed by atoms with Gasteiger partial charge in [0.25, 0.3) is 0 Å². The van der Waals surface area contributed by atoms with Gasteiger partial charge in [-0.1, -0.05) is 11.6 Å². The Balaban J connectivity index is 1.74. The van der Waals surface area contributed by atoms with E-state index in [0.29, 0.717) is 11.1 Å². The number of ether oxygens (including phenoxy) is 1. The fraction of sp³-hybridized carbons (Fsp3) is 0.588. The number of hydrogen-bond donors (Lipinski definition) is 0. The van der Waals surface area contributed by atoms with Crippen LogP contribution >= 0.6 is 11.6 Å². The quantitative estimate of drug-likeness (QED) is 0.785. The van der Waals surface area contributed by atoms with E-state index in [1.807, 2.05) is 36.3 Å². The maximum absolute atomic E-state index is 12.8.